The van der Waals surface area contributed by atoms with Gasteiger partial charge in [0, 0.05) is 30.8 Å². The maximum atomic E-state index is 10.7. The van der Waals surface area contributed by atoms with Crippen molar-refractivity contribution in [2.24, 2.45) is 0 Å². The van der Waals surface area contributed by atoms with E-state index in [0.29, 0.717) is 37.4 Å². The largest absolute Gasteiger partial charge is 0.490 e. The fourth-order valence-electron chi connectivity index (χ4n) is 4.63. The summed E-state index contributed by atoms with van der Waals surface area (Å²) in [5.41, 5.74) is 6.57. The molecule has 0 aromatic heterocycles. The van der Waals surface area contributed by atoms with Crippen LogP contribution in [0.3, 0.4) is 0 Å². The fraction of sp³-hybridized carbons (Fsp3) is 0.345. The predicted molar refractivity (Wildman–Crippen MR) is 144 cm³/mol. The standard InChI is InChI=1S/C29H34O6S/c1-20-16-27(35-26-12-14-36(32,33)15-13-26)17-21(2)29(20)24-5-3-4-23(18-24)19-34-25-9-6-22(7-10-25)8-11-28(30)31/h3-7,9-10,16-18,26,32-33H,8,11-15,19H2,1-2H3,(H,30,31). The van der Waals surface area contributed by atoms with E-state index in [9.17, 15) is 13.9 Å². The monoisotopic (exact) mass is 510 g/mol. The Balaban J connectivity index is 1.40. The number of aryl methyl sites for hydroxylation is 3. The van der Waals surface area contributed by atoms with Crippen LogP contribution in [0.4, 0.5) is 0 Å². The van der Waals surface area contributed by atoms with Gasteiger partial charge >= 0.3 is 5.97 Å². The molecule has 3 aromatic carbocycles. The number of carboxylic acid groups (broad SMARTS) is 1. The highest BCUT2D eigenvalue weighted by Gasteiger charge is 2.25. The average Bonchev–Trinajstić information content (AvgIpc) is 2.83. The number of carbonyl (C=O) groups is 1. The number of rotatable bonds is 9. The summed E-state index contributed by atoms with van der Waals surface area (Å²) >= 11 is 0. The maximum Gasteiger partial charge on any atom is 0.303 e. The molecule has 4 rings (SSSR count). The Labute approximate surface area is 214 Å². The average molecular weight is 511 g/mol. The Morgan fingerprint density at radius 3 is 2.22 bits per heavy atom. The molecule has 7 heteroatoms. The molecule has 1 aliphatic heterocycles. The zero-order valence-electron chi connectivity index (χ0n) is 20.8. The first kappa shape index (κ1) is 26.1. The van der Waals surface area contributed by atoms with Crippen LogP contribution in [0.5, 0.6) is 11.5 Å². The van der Waals surface area contributed by atoms with Gasteiger partial charge in [-0.1, -0.05) is 30.3 Å². The molecule has 0 atom stereocenters. The van der Waals surface area contributed by atoms with Gasteiger partial charge in [0.15, 0.2) is 0 Å². The predicted octanol–water partition coefficient (Wildman–Crippen LogP) is 6.86. The molecule has 1 fully saturated rings. The van der Waals surface area contributed by atoms with Crippen LogP contribution in [0.15, 0.2) is 60.7 Å². The van der Waals surface area contributed by atoms with Crippen molar-refractivity contribution in [2.45, 2.75) is 52.2 Å². The highest BCUT2D eigenvalue weighted by Crippen LogP contribution is 2.44. The second-order valence-electron chi connectivity index (χ2n) is 9.49. The molecule has 0 bridgehead atoms. The van der Waals surface area contributed by atoms with Crippen LogP contribution in [0.25, 0.3) is 11.1 Å². The minimum Gasteiger partial charge on any atom is -0.490 e. The van der Waals surface area contributed by atoms with Gasteiger partial charge in [-0.2, -0.15) is 10.6 Å². The van der Waals surface area contributed by atoms with Gasteiger partial charge in [0.1, 0.15) is 24.2 Å². The zero-order valence-corrected chi connectivity index (χ0v) is 21.6. The van der Waals surface area contributed by atoms with E-state index in [2.05, 4.69) is 38.1 Å². The molecule has 0 unspecified atom stereocenters. The summed E-state index contributed by atoms with van der Waals surface area (Å²) in [5, 5.41) is 8.83. The van der Waals surface area contributed by atoms with E-state index in [1.165, 1.54) is 5.56 Å². The highest BCUT2D eigenvalue weighted by atomic mass is 32.3. The van der Waals surface area contributed by atoms with Crippen LogP contribution >= 0.6 is 10.6 Å². The molecule has 0 amide bonds. The second kappa shape index (κ2) is 11.4. The minimum atomic E-state index is -2.41. The van der Waals surface area contributed by atoms with Gasteiger partial charge in [-0.15, -0.1) is 0 Å². The molecule has 0 aliphatic carbocycles. The van der Waals surface area contributed by atoms with Gasteiger partial charge < -0.3 is 14.6 Å². The van der Waals surface area contributed by atoms with Crippen molar-refractivity contribution in [1.82, 2.24) is 0 Å². The lowest BCUT2D eigenvalue weighted by Crippen LogP contribution is -2.28. The van der Waals surface area contributed by atoms with E-state index in [1.54, 1.807) is 0 Å². The maximum absolute atomic E-state index is 10.7. The van der Waals surface area contributed by atoms with Crippen molar-refractivity contribution >= 4 is 16.6 Å². The molecular weight excluding hydrogens is 476 g/mol. The lowest BCUT2D eigenvalue weighted by molar-refractivity contribution is -0.136. The molecule has 3 N–H and O–H groups in total. The van der Waals surface area contributed by atoms with Crippen LogP contribution in [0.1, 0.15) is 41.5 Å². The van der Waals surface area contributed by atoms with Crippen LogP contribution in [0, 0.1) is 13.8 Å². The molecule has 192 valence electrons. The first-order valence-corrected chi connectivity index (χ1v) is 14.1. The lowest BCUT2D eigenvalue weighted by atomic mass is 9.94. The van der Waals surface area contributed by atoms with Crippen molar-refractivity contribution in [2.75, 3.05) is 11.5 Å². The molecule has 0 spiro atoms. The quantitative estimate of drug-likeness (QED) is 0.291. The summed E-state index contributed by atoms with van der Waals surface area (Å²) in [4.78, 5) is 10.7. The minimum absolute atomic E-state index is 0.0151. The summed E-state index contributed by atoms with van der Waals surface area (Å²) < 4.78 is 31.8. The number of benzene rings is 3. The number of aliphatic carboxylic acids is 1. The summed E-state index contributed by atoms with van der Waals surface area (Å²) in [6.45, 7) is 4.60. The van der Waals surface area contributed by atoms with E-state index in [4.69, 9.17) is 14.6 Å². The molecule has 1 heterocycles. The van der Waals surface area contributed by atoms with E-state index >= 15 is 0 Å². The van der Waals surface area contributed by atoms with Gasteiger partial charge in [-0.3, -0.25) is 13.9 Å². The molecule has 6 nitrogen and oxygen atoms in total. The van der Waals surface area contributed by atoms with E-state index in [0.717, 1.165) is 39.3 Å². The third-order valence-corrected chi connectivity index (χ3v) is 8.29. The first-order valence-electron chi connectivity index (χ1n) is 12.2. The molecule has 1 saturated heterocycles. The van der Waals surface area contributed by atoms with Gasteiger partial charge in [0.05, 0.1) is 0 Å². The topological polar surface area (TPSA) is 96.2 Å². The smallest absolute Gasteiger partial charge is 0.303 e. The van der Waals surface area contributed by atoms with Crippen molar-refractivity contribution in [3.63, 3.8) is 0 Å². The Hall–Kier alpha value is -3.00. The van der Waals surface area contributed by atoms with Crippen LogP contribution in [0.2, 0.25) is 0 Å². The van der Waals surface area contributed by atoms with Crippen molar-refractivity contribution < 1.29 is 28.5 Å². The number of hydrogen-bond donors (Lipinski definition) is 3. The number of ether oxygens (including phenoxy) is 2. The Bertz CT molecular complexity index is 1170. The number of hydrogen-bond acceptors (Lipinski definition) is 5. The normalized spacial score (nSPS) is 16.3. The summed E-state index contributed by atoms with van der Waals surface area (Å²) in [5.74, 6) is 1.60. The molecule has 3 aromatic rings. The molecule has 0 radical (unpaired) electrons. The van der Waals surface area contributed by atoms with E-state index < -0.39 is 16.6 Å². The van der Waals surface area contributed by atoms with E-state index in [1.807, 2.05) is 36.4 Å². The molecule has 1 aliphatic rings. The number of carboxylic acids is 1. The second-order valence-corrected chi connectivity index (χ2v) is 11.9. The SMILES string of the molecule is Cc1cc(OC2CCS(O)(O)CC2)cc(C)c1-c1cccc(COc2ccc(CCC(=O)O)cc2)c1. The van der Waals surface area contributed by atoms with Crippen LogP contribution < -0.4 is 9.47 Å². The van der Waals surface area contributed by atoms with Gasteiger partial charge in [-0.25, -0.2) is 0 Å². The van der Waals surface area contributed by atoms with Gasteiger partial charge in [0.2, 0.25) is 0 Å². The van der Waals surface area contributed by atoms with Crippen molar-refractivity contribution in [3.8, 4) is 22.6 Å². The van der Waals surface area contributed by atoms with Crippen molar-refractivity contribution in [1.29, 1.82) is 0 Å². The summed E-state index contributed by atoms with van der Waals surface area (Å²) in [6, 6.07) is 20.0. The Morgan fingerprint density at radius 1 is 0.917 bits per heavy atom. The third kappa shape index (κ3) is 7.03. The van der Waals surface area contributed by atoms with Crippen LogP contribution in [-0.4, -0.2) is 37.8 Å². The zero-order chi connectivity index (χ0) is 25.7. The fourth-order valence-corrected chi connectivity index (χ4v) is 6.12. The Kier molecular flexibility index (Phi) is 8.24. The summed E-state index contributed by atoms with van der Waals surface area (Å²) in [7, 11) is -2.41. The molecule has 0 saturated carbocycles. The van der Waals surface area contributed by atoms with Crippen molar-refractivity contribution in [3.05, 3.63) is 82.9 Å². The third-order valence-electron chi connectivity index (χ3n) is 6.51. The highest BCUT2D eigenvalue weighted by molar-refractivity contribution is 8.24. The van der Waals surface area contributed by atoms with Gasteiger partial charge in [0.25, 0.3) is 0 Å². The molecular formula is C29H34O6S. The lowest BCUT2D eigenvalue weighted by Gasteiger charge is -2.39. The molecule has 36 heavy (non-hydrogen) atoms. The van der Waals surface area contributed by atoms with Gasteiger partial charge in [-0.05, 0) is 84.0 Å². The Morgan fingerprint density at radius 2 is 1.58 bits per heavy atom. The van der Waals surface area contributed by atoms with Crippen LogP contribution in [-0.2, 0) is 17.8 Å². The van der Waals surface area contributed by atoms with E-state index in [-0.39, 0.29) is 12.5 Å². The summed E-state index contributed by atoms with van der Waals surface area (Å²) in [6.07, 6.45) is 1.97. The first-order chi connectivity index (χ1) is 17.2.